The number of carbonyl (C=O) groups is 1. The predicted molar refractivity (Wildman–Crippen MR) is 77.9 cm³/mol. The number of aliphatic carboxylic acids is 1. The van der Waals surface area contributed by atoms with Crippen molar-refractivity contribution < 1.29 is 9.90 Å². The molecule has 4 heteroatoms. The SMILES string of the molecule is Cc1nc2cc(CC(C)(C)C(=O)O)ccc2n1C1CC1. The molecule has 1 aliphatic rings. The fraction of sp³-hybridized carbons (Fsp3) is 0.500. The van der Waals surface area contributed by atoms with Gasteiger partial charge in [0.1, 0.15) is 5.82 Å². The number of carboxylic acid groups (broad SMARTS) is 1. The van der Waals surface area contributed by atoms with Gasteiger partial charge in [-0.15, -0.1) is 0 Å². The molecule has 0 saturated heterocycles. The molecule has 4 nitrogen and oxygen atoms in total. The zero-order valence-electron chi connectivity index (χ0n) is 12.2. The number of fused-ring (bicyclic) bond motifs is 1. The van der Waals surface area contributed by atoms with E-state index in [-0.39, 0.29) is 0 Å². The van der Waals surface area contributed by atoms with Crippen LogP contribution in [-0.2, 0) is 11.2 Å². The Balaban J connectivity index is 1.97. The maximum Gasteiger partial charge on any atom is 0.309 e. The van der Waals surface area contributed by atoms with Crippen molar-refractivity contribution in [2.24, 2.45) is 5.41 Å². The molecular formula is C16H20N2O2. The average molecular weight is 272 g/mol. The highest BCUT2D eigenvalue weighted by Gasteiger charge is 2.29. The van der Waals surface area contributed by atoms with Gasteiger partial charge in [0.15, 0.2) is 0 Å². The van der Waals surface area contributed by atoms with E-state index in [0.29, 0.717) is 12.5 Å². The van der Waals surface area contributed by atoms with E-state index in [1.165, 1.54) is 18.4 Å². The van der Waals surface area contributed by atoms with Crippen LogP contribution in [0.4, 0.5) is 0 Å². The Morgan fingerprint density at radius 2 is 2.15 bits per heavy atom. The molecule has 1 N–H and O–H groups in total. The molecule has 1 fully saturated rings. The molecule has 3 rings (SSSR count). The number of nitrogens with zero attached hydrogens (tertiary/aromatic N) is 2. The second-order valence-electron chi connectivity index (χ2n) is 6.45. The summed E-state index contributed by atoms with van der Waals surface area (Å²) in [7, 11) is 0. The summed E-state index contributed by atoms with van der Waals surface area (Å²) >= 11 is 0. The summed E-state index contributed by atoms with van der Waals surface area (Å²) in [5.41, 5.74) is 2.43. The molecule has 0 unspecified atom stereocenters. The van der Waals surface area contributed by atoms with Crippen LogP contribution in [0.5, 0.6) is 0 Å². The van der Waals surface area contributed by atoms with Crippen molar-refractivity contribution in [2.45, 2.75) is 46.1 Å². The number of hydrogen-bond acceptors (Lipinski definition) is 2. The van der Waals surface area contributed by atoms with Crippen molar-refractivity contribution in [3.05, 3.63) is 29.6 Å². The van der Waals surface area contributed by atoms with E-state index in [0.717, 1.165) is 16.9 Å². The van der Waals surface area contributed by atoms with Crippen LogP contribution in [0.2, 0.25) is 0 Å². The predicted octanol–water partition coefficient (Wildman–Crippen LogP) is 3.33. The van der Waals surface area contributed by atoms with Gasteiger partial charge in [0.05, 0.1) is 16.4 Å². The number of aryl methyl sites for hydroxylation is 1. The van der Waals surface area contributed by atoms with Gasteiger partial charge in [-0.2, -0.15) is 0 Å². The van der Waals surface area contributed by atoms with Crippen LogP contribution in [0, 0.1) is 12.3 Å². The van der Waals surface area contributed by atoms with E-state index in [2.05, 4.69) is 15.6 Å². The van der Waals surface area contributed by atoms with Crippen LogP contribution in [-0.4, -0.2) is 20.6 Å². The summed E-state index contributed by atoms with van der Waals surface area (Å²) in [4.78, 5) is 15.9. The van der Waals surface area contributed by atoms with E-state index in [1.54, 1.807) is 13.8 Å². The maximum atomic E-state index is 11.2. The lowest BCUT2D eigenvalue weighted by Crippen LogP contribution is -2.26. The summed E-state index contributed by atoms with van der Waals surface area (Å²) in [6.07, 6.45) is 2.99. The Morgan fingerprint density at radius 1 is 1.45 bits per heavy atom. The highest BCUT2D eigenvalue weighted by atomic mass is 16.4. The third kappa shape index (κ3) is 2.19. The Kier molecular flexibility index (Phi) is 2.85. The summed E-state index contributed by atoms with van der Waals surface area (Å²) in [6.45, 7) is 5.56. The second kappa shape index (κ2) is 4.33. The Morgan fingerprint density at radius 3 is 2.75 bits per heavy atom. The molecule has 2 aromatic rings. The van der Waals surface area contributed by atoms with Gasteiger partial charge < -0.3 is 9.67 Å². The normalized spacial score (nSPS) is 15.8. The monoisotopic (exact) mass is 272 g/mol. The van der Waals surface area contributed by atoms with E-state index >= 15 is 0 Å². The van der Waals surface area contributed by atoms with E-state index in [9.17, 15) is 9.90 Å². The molecular weight excluding hydrogens is 252 g/mol. The molecule has 106 valence electrons. The molecule has 0 spiro atoms. The number of aromatic nitrogens is 2. The highest BCUT2D eigenvalue weighted by Crippen LogP contribution is 2.38. The summed E-state index contributed by atoms with van der Waals surface area (Å²) in [6, 6.07) is 6.76. The zero-order chi connectivity index (χ0) is 14.5. The molecule has 1 aromatic carbocycles. The molecule has 0 bridgehead atoms. The van der Waals surface area contributed by atoms with Gasteiger partial charge in [-0.05, 0) is 57.7 Å². The van der Waals surface area contributed by atoms with Crippen LogP contribution < -0.4 is 0 Å². The van der Waals surface area contributed by atoms with E-state index in [4.69, 9.17) is 0 Å². The fourth-order valence-corrected chi connectivity index (χ4v) is 2.75. The molecule has 0 amide bonds. The van der Waals surface area contributed by atoms with Gasteiger partial charge in [0.2, 0.25) is 0 Å². The van der Waals surface area contributed by atoms with Crippen molar-refractivity contribution >= 4 is 17.0 Å². The van der Waals surface area contributed by atoms with Crippen molar-refractivity contribution in [2.75, 3.05) is 0 Å². The maximum absolute atomic E-state index is 11.2. The third-order valence-electron chi connectivity index (χ3n) is 4.07. The molecule has 0 radical (unpaired) electrons. The number of hydrogen-bond donors (Lipinski definition) is 1. The molecule has 1 heterocycles. The van der Waals surface area contributed by atoms with Crippen molar-refractivity contribution in [1.29, 1.82) is 0 Å². The lowest BCUT2D eigenvalue weighted by Gasteiger charge is -2.18. The molecule has 1 saturated carbocycles. The van der Waals surface area contributed by atoms with Crippen LogP contribution in [0.3, 0.4) is 0 Å². The van der Waals surface area contributed by atoms with Crippen LogP contribution in [0.15, 0.2) is 18.2 Å². The first kappa shape index (κ1) is 13.2. The van der Waals surface area contributed by atoms with Gasteiger partial charge >= 0.3 is 5.97 Å². The van der Waals surface area contributed by atoms with Crippen LogP contribution in [0.1, 0.15) is 44.1 Å². The summed E-state index contributed by atoms with van der Waals surface area (Å²) in [5.74, 6) is 0.287. The average Bonchev–Trinajstić information content (AvgIpc) is 3.11. The Hall–Kier alpha value is -1.84. The van der Waals surface area contributed by atoms with Crippen molar-refractivity contribution in [3.63, 3.8) is 0 Å². The quantitative estimate of drug-likeness (QED) is 0.928. The number of imidazole rings is 1. The lowest BCUT2D eigenvalue weighted by molar-refractivity contribution is -0.146. The van der Waals surface area contributed by atoms with E-state index < -0.39 is 11.4 Å². The largest absolute Gasteiger partial charge is 0.481 e. The van der Waals surface area contributed by atoms with Crippen molar-refractivity contribution in [1.82, 2.24) is 9.55 Å². The molecule has 0 aliphatic heterocycles. The topological polar surface area (TPSA) is 55.1 Å². The second-order valence-corrected chi connectivity index (χ2v) is 6.45. The summed E-state index contributed by atoms with van der Waals surface area (Å²) < 4.78 is 2.31. The van der Waals surface area contributed by atoms with Gasteiger partial charge in [0.25, 0.3) is 0 Å². The first-order valence-corrected chi connectivity index (χ1v) is 7.09. The number of carboxylic acids is 1. The minimum atomic E-state index is -0.766. The first-order valence-electron chi connectivity index (χ1n) is 7.09. The van der Waals surface area contributed by atoms with Crippen LogP contribution in [0.25, 0.3) is 11.0 Å². The third-order valence-corrected chi connectivity index (χ3v) is 4.07. The van der Waals surface area contributed by atoms with Gasteiger partial charge in [-0.25, -0.2) is 4.98 Å². The summed E-state index contributed by atoms with van der Waals surface area (Å²) in [5, 5.41) is 9.23. The lowest BCUT2D eigenvalue weighted by atomic mass is 9.86. The van der Waals surface area contributed by atoms with E-state index in [1.807, 2.05) is 19.1 Å². The molecule has 20 heavy (non-hydrogen) atoms. The highest BCUT2D eigenvalue weighted by molar-refractivity contribution is 5.78. The molecule has 0 atom stereocenters. The van der Waals surface area contributed by atoms with Crippen LogP contribution >= 0.6 is 0 Å². The smallest absolute Gasteiger partial charge is 0.309 e. The first-order chi connectivity index (χ1) is 9.38. The molecule has 1 aliphatic carbocycles. The standard InChI is InChI=1S/C16H20N2O2/c1-10-17-13-8-11(9-16(2,3)15(19)20)4-7-14(13)18(10)12-5-6-12/h4,7-8,12H,5-6,9H2,1-3H3,(H,19,20). The Labute approximate surface area is 118 Å². The van der Waals surface area contributed by atoms with Crippen molar-refractivity contribution in [3.8, 4) is 0 Å². The number of rotatable bonds is 4. The molecule has 1 aromatic heterocycles. The van der Waals surface area contributed by atoms with Gasteiger partial charge in [0, 0.05) is 6.04 Å². The Bertz CT molecular complexity index is 681. The van der Waals surface area contributed by atoms with Gasteiger partial charge in [-0.1, -0.05) is 6.07 Å². The fourth-order valence-electron chi connectivity index (χ4n) is 2.75. The minimum Gasteiger partial charge on any atom is -0.481 e. The minimum absolute atomic E-state index is 0.521. The number of benzene rings is 1. The zero-order valence-corrected chi connectivity index (χ0v) is 12.2. The van der Waals surface area contributed by atoms with Gasteiger partial charge in [-0.3, -0.25) is 4.79 Å².